The third-order valence-corrected chi connectivity index (χ3v) is 6.51. The SMILES string of the molecule is C=C1NN(c2ccccc2)C(=O)/C1=N/Nc1ccc(S(=O)(=O)N(CC)CC)cc1. The van der Waals surface area contributed by atoms with Gasteiger partial charge >= 0.3 is 0 Å². The van der Waals surface area contributed by atoms with Crippen molar-refractivity contribution in [2.75, 3.05) is 23.5 Å². The zero-order valence-corrected chi connectivity index (χ0v) is 17.1. The van der Waals surface area contributed by atoms with E-state index in [1.807, 2.05) is 18.2 Å². The molecule has 8 nitrogen and oxygen atoms in total. The van der Waals surface area contributed by atoms with Crippen molar-refractivity contribution in [2.24, 2.45) is 5.10 Å². The van der Waals surface area contributed by atoms with Crippen LogP contribution in [0.4, 0.5) is 11.4 Å². The molecule has 0 spiro atoms. The number of sulfonamides is 1. The average molecular weight is 414 g/mol. The van der Waals surface area contributed by atoms with Crippen LogP contribution < -0.4 is 15.9 Å². The first-order valence-electron chi connectivity index (χ1n) is 9.17. The van der Waals surface area contributed by atoms with Crippen LogP contribution in [-0.2, 0) is 14.8 Å². The molecule has 1 amide bonds. The number of anilines is 2. The van der Waals surface area contributed by atoms with Crippen molar-refractivity contribution in [1.29, 1.82) is 0 Å². The molecule has 0 aromatic heterocycles. The number of nitrogens with zero attached hydrogens (tertiary/aromatic N) is 3. The molecular weight excluding hydrogens is 390 g/mol. The number of benzene rings is 2. The molecule has 2 aromatic rings. The van der Waals surface area contributed by atoms with E-state index in [4.69, 9.17) is 0 Å². The number of nitrogens with one attached hydrogen (secondary N) is 2. The number of hydrazone groups is 1. The zero-order chi connectivity index (χ0) is 21.0. The Morgan fingerprint density at radius 3 is 2.28 bits per heavy atom. The van der Waals surface area contributed by atoms with E-state index in [0.717, 1.165) is 0 Å². The van der Waals surface area contributed by atoms with Gasteiger partial charge in [0.25, 0.3) is 5.91 Å². The number of para-hydroxylation sites is 1. The molecule has 152 valence electrons. The van der Waals surface area contributed by atoms with Crippen LogP contribution in [0.15, 0.2) is 76.9 Å². The van der Waals surface area contributed by atoms with Gasteiger partial charge in [-0.25, -0.2) is 13.4 Å². The lowest BCUT2D eigenvalue weighted by Crippen LogP contribution is -2.34. The lowest BCUT2D eigenvalue weighted by molar-refractivity contribution is -0.112. The largest absolute Gasteiger partial charge is 0.299 e. The van der Waals surface area contributed by atoms with Crippen molar-refractivity contribution in [3.05, 3.63) is 66.9 Å². The molecule has 29 heavy (non-hydrogen) atoms. The van der Waals surface area contributed by atoms with Gasteiger partial charge in [0.2, 0.25) is 10.0 Å². The zero-order valence-electron chi connectivity index (χ0n) is 16.3. The summed E-state index contributed by atoms with van der Waals surface area (Å²) >= 11 is 0. The lowest BCUT2D eigenvalue weighted by atomic mass is 10.3. The Bertz CT molecular complexity index is 1030. The number of amides is 1. The highest BCUT2D eigenvalue weighted by Gasteiger charge is 2.32. The number of hydrogen-bond acceptors (Lipinski definition) is 6. The van der Waals surface area contributed by atoms with Gasteiger partial charge in [0.05, 0.1) is 22.0 Å². The van der Waals surface area contributed by atoms with Gasteiger partial charge in [-0.05, 0) is 36.4 Å². The number of hydrazine groups is 1. The van der Waals surface area contributed by atoms with Crippen molar-refractivity contribution in [2.45, 2.75) is 18.7 Å². The first kappa shape index (κ1) is 20.6. The smallest absolute Gasteiger partial charge is 0.289 e. The second-order valence-corrected chi connectivity index (χ2v) is 8.19. The maximum absolute atomic E-state index is 12.6. The molecule has 1 aliphatic heterocycles. The maximum atomic E-state index is 12.6. The Hall–Kier alpha value is -3.17. The minimum Gasteiger partial charge on any atom is -0.289 e. The summed E-state index contributed by atoms with van der Waals surface area (Å²) in [6.45, 7) is 8.23. The van der Waals surface area contributed by atoms with Gasteiger partial charge in [0.1, 0.15) is 0 Å². The lowest BCUT2D eigenvalue weighted by Gasteiger charge is -2.18. The summed E-state index contributed by atoms with van der Waals surface area (Å²) in [5.74, 6) is -0.338. The molecule has 1 saturated heterocycles. The molecule has 1 fully saturated rings. The Labute approximate surface area is 170 Å². The molecule has 0 atom stereocenters. The van der Waals surface area contributed by atoms with Gasteiger partial charge in [-0.3, -0.25) is 15.6 Å². The standard InChI is InChI=1S/C20H23N5O3S/c1-4-24(5-2)29(27,28)18-13-11-16(12-14-18)21-22-19-15(3)23-25(20(19)26)17-9-7-6-8-10-17/h6-14,21,23H,3-5H2,1-2H3/b22-19+. The fourth-order valence-corrected chi connectivity index (χ4v) is 4.34. The third kappa shape index (κ3) is 4.15. The summed E-state index contributed by atoms with van der Waals surface area (Å²) in [4.78, 5) is 12.8. The monoisotopic (exact) mass is 413 g/mol. The first-order chi connectivity index (χ1) is 13.9. The van der Waals surface area contributed by atoms with Crippen LogP contribution in [0.2, 0.25) is 0 Å². The quantitative estimate of drug-likeness (QED) is 0.681. The highest BCUT2D eigenvalue weighted by atomic mass is 32.2. The average Bonchev–Trinajstić information content (AvgIpc) is 3.01. The van der Waals surface area contributed by atoms with Crippen molar-refractivity contribution < 1.29 is 13.2 Å². The number of carbonyl (C=O) groups is 1. The fourth-order valence-electron chi connectivity index (χ4n) is 2.88. The van der Waals surface area contributed by atoms with E-state index in [9.17, 15) is 13.2 Å². The maximum Gasteiger partial charge on any atom is 0.299 e. The second-order valence-electron chi connectivity index (χ2n) is 6.25. The van der Waals surface area contributed by atoms with Gasteiger partial charge in [0, 0.05) is 13.1 Å². The van der Waals surface area contributed by atoms with E-state index in [-0.39, 0.29) is 16.5 Å². The van der Waals surface area contributed by atoms with E-state index in [0.29, 0.717) is 30.2 Å². The number of carbonyl (C=O) groups excluding carboxylic acids is 1. The summed E-state index contributed by atoms with van der Waals surface area (Å²) in [5, 5.41) is 5.51. The molecule has 0 bridgehead atoms. The van der Waals surface area contributed by atoms with Gasteiger partial charge in [0.15, 0.2) is 5.71 Å². The van der Waals surface area contributed by atoms with Crippen LogP contribution in [0.3, 0.4) is 0 Å². The van der Waals surface area contributed by atoms with Crippen LogP contribution in [-0.4, -0.2) is 37.4 Å². The Morgan fingerprint density at radius 1 is 1.07 bits per heavy atom. The van der Waals surface area contributed by atoms with Crippen LogP contribution in [0.25, 0.3) is 0 Å². The van der Waals surface area contributed by atoms with Gasteiger partial charge < -0.3 is 0 Å². The second kappa shape index (κ2) is 8.46. The van der Waals surface area contributed by atoms with Gasteiger partial charge in [-0.1, -0.05) is 38.6 Å². The van der Waals surface area contributed by atoms with Gasteiger partial charge in [-0.2, -0.15) is 9.41 Å². The van der Waals surface area contributed by atoms with Crippen LogP contribution in [0.1, 0.15) is 13.8 Å². The molecule has 0 saturated carbocycles. The fraction of sp³-hybridized carbons (Fsp3) is 0.200. The molecule has 1 aliphatic rings. The molecular formula is C20H23N5O3S. The minimum absolute atomic E-state index is 0.147. The molecule has 0 unspecified atom stereocenters. The van der Waals surface area contributed by atoms with E-state index < -0.39 is 10.0 Å². The molecule has 3 rings (SSSR count). The molecule has 2 aromatic carbocycles. The normalized spacial score (nSPS) is 15.8. The molecule has 1 heterocycles. The summed E-state index contributed by atoms with van der Waals surface area (Å²) < 4.78 is 26.5. The van der Waals surface area contributed by atoms with Crippen LogP contribution >= 0.6 is 0 Å². The summed E-state index contributed by atoms with van der Waals surface area (Å²) in [6, 6.07) is 15.3. The van der Waals surface area contributed by atoms with Crippen LogP contribution in [0.5, 0.6) is 0 Å². The highest BCUT2D eigenvalue weighted by molar-refractivity contribution is 7.89. The summed E-state index contributed by atoms with van der Waals surface area (Å²) in [7, 11) is -3.52. The predicted molar refractivity (Wildman–Crippen MR) is 114 cm³/mol. The topological polar surface area (TPSA) is 94.1 Å². The molecule has 0 radical (unpaired) electrons. The van der Waals surface area contributed by atoms with Crippen molar-refractivity contribution >= 4 is 33.0 Å². The Kier molecular flexibility index (Phi) is 6.00. The third-order valence-electron chi connectivity index (χ3n) is 4.45. The van der Waals surface area contributed by atoms with Crippen molar-refractivity contribution in [3.63, 3.8) is 0 Å². The van der Waals surface area contributed by atoms with Crippen LogP contribution in [0, 0.1) is 0 Å². The van der Waals surface area contributed by atoms with E-state index in [1.54, 1.807) is 38.1 Å². The van der Waals surface area contributed by atoms with Crippen molar-refractivity contribution in [1.82, 2.24) is 9.73 Å². The minimum atomic E-state index is -3.52. The molecule has 9 heteroatoms. The molecule has 0 aliphatic carbocycles. The Balaban J connectivity index is 1.75. The highest BCUT2D eigenvalue weighted by Crippen LogP contribution is 2.20. The number of rotatable bonds is 7. The predicted octanol–water partition coefficient (Wildman–Crippen LogP) is 2.55. The first-order valence-corrected chi connectivity index (χ1v) is 10.6. The Morgan fingerprint density at radius 2 is 1.69 bits per heavy atom. The van der Waals surface area contributed by atoms with Crippen molar-refractivity contribution in [3.8, 4) is 0 Å². The van der Waals surface area contributed by atoms with Gasteiger partial charge in [-0.15, -0.1) is 0 Å². The van der Waals surface area contributed by atoms with E-state index in [1.165, 1.54) is 21.4 Å². The molecule has 2 N–H and O–H groups in total. The number of hydrogen-bond donors (Lipinski definition) is 2. The van der Waals surface area contributed by atoms with E-state index in [2.05, 4.69) is 22.5 Å². The summed E-state index contributed by atoms with van der Waals surface area (Å²) in [5.41, 5.74) is 7.42. The van der Waals surface area contributed by atoms with E-state index >= 15 is 0 Å². The summed E-state index contributed by atoms with van der Waals surface area (Å²) in [6.07, 6.45) is 0.